The van der Waals surface area contributed by atoms with Gasteiger partial charge in [0, 0.05) is 19.3 Å². The van der Waals surface area contributed by atoms with E-state index in [1.165, 1.54) is 5.56 Å². The van der Waals surface area contributed by atoms with Crippen molar-refractivity contribution in [3.05, 3.63) is 22.3 Å². The van der Waals surface area contributed by atoms with Crippen LogP contribution in [0.15, 0.2) is 16.7 Å². The molecule has 14 heavy (non-hydrogen) atoms. The van der Waals surface area contributed by atoms with Gasteiger partial charge in [-0.2, -0.15) is 0 Å². The fourth-order valence-electron chi connectivity index (χ4n) is 1.42. The average Bonchev–Trinajstić information content (AvgIpc) is 2.22. The summed E-state index contributed by atoms with van der Waals surface area (Å²) in [4.78, 5) is 6.71. The average molecular weight is 257 g/mol. The first kappa shape index (κ1) is 11.5. The summed E-state index contributed by atoms with van der Waals surface area (Å²) in [5, 5.41) is 0. The van der Waals surface area contributed by atoms with Crippen LogP contribution in [0.5, 0.6) is 0 Å². The molecule has 0 aromatic carbocycles. The predicted octanol–water partition coefficient (Wildman–Crippen LogP) is 3.25. The summed E-state index contributed by atoms with van der Waals surface area (Å²) in [6, 6.07) is 2.15. The van der Waals surface area contributed by atoms with Crippen LogP contribution in [0.3, 0.4) is 0 Å². The normalized spacial score (nSPS) is 10.3. The van der Waals surface area contributed by atoms with Crippen molar-refractivity contribution >= 4 is 21.7 Å². The first-order valence-electron chi connectivity index (χ1n) is 5.12. The summed E-state index contributed by atoms with van der Waals surface area (Å²) in [5.41, 5.74) is 1.27. The second-order valence-corrected chi connectivity index (χ2v) is 4.03. The van der Waals surface area contributed by atoms with Crippen LogP contribution >= 0.6 is 15.9 Å². The van der Waals surface area contributed by atoms with Gasteiger partial charge in [-0.15, -0.1) is 0 Å². The highest BCUT2D eigenvalue weighted by molar-refractivity contribution is 9.10. The Morgan fingerprint density at radius 3 is 2.36 bits per heavy atom. The first-order chi connectivity index (χ1) is 6.72. The second-order valence-electron chi connectivity index (χ2n) is 3.17. The Hall–Kier alpha value is -0.570. The third-order valence-corrected chi connectivity index (χ3v) is 2.93. The van der Waals surface area contributed by atoms with Gasteiger partial charge in [0.15, 0.2) is 0 Å². The minimum atomic E-state index is 0.994. The van der Waals surface area contributed by atoms with Gasteiger partial charge in [0.05, 0.1) is 4.47 Å². The molecule has 0 aliphatic heterocycles. The molecule has 0 saturated heterocycles. The van der Waals surface area contributed by atoms with Crippen molar-refractivity contribution in [2.45, 2.75) is 27.2 Å². The molecule has 0 amide bonds. The van der Waals surface area contributed by atoms with Crippen molar-refractivity contribution < 1.29 is 0 Å². The van der Waals surface area contributed by atoms with Crippen LogP contribution < -0.4 is 4.90 Å². The molecule has 1 aromatic heterocycles. The van der Waals surface area contributed by atoms with E-state index in [2.05, 4.69) is 52.7 Å². The number of hydrogen-bond acceptors (Lipinski definition) is 2. The molecule has 0 aliphatic rings. The maximum absolute atomic E-state index is 4.47. The van der Waals surface area contributed by atoms with Gasteiger partial charge in [-0.1, -0.05) is 6.92 Å². The lowest BCUT2D eigenvalue weighted by Gasteiger charge is -2.21. The zero-order valence-electron chi connectivity index (χ0n) is 9.05. The molecular formula is C11H17BrN2. The van der Waals surface area contributed by atoms with Gasteiger partial charge in [0.2, 0.25) is 0 Å². The molecule has 1 heterocycles. The molecule has 0 unspecified atom stereocenters. The topological polar surface area (TPSA) is 16.1 Å². The molecule has 1 rings (SSSR count). The van der Waals surface area contributed by atoms with Gasteiger partial charge in [0.25, 0.3) is 0 Å². The van der Waals surface area contributed by atoms with Crippen molar-refractivity contribution in [3.63, 3.8) is 0 Å². The summed E-state index contributed by atoms with van der Waals surface area (Å²) < 4.78 is 1.10. The van der Waals surface area contributed by atoms with Crippen LogP contribution in [0.4, 0.5) is 5.82 Å². The number of halogens is 1. The molecule has 0 aliphatic carbocycles. The number of hydrogen-bond donors (Lipinski definition) is 0. The molecular weight excluding hydrogens is 240 g/mol. The van der Waals surface area contributed by atoms with Crippen LogP contribution in [-0.2, 0) is 6.42 Å². The predicted molar refractivity (Wildman–Crippen MR) is 64.9 cm³/mol. The van der Waals surface area contributed by atoms with E-state index in [9.17, 15) is 0 Å². The fraction of sp³-hybridized carbons (Fsp3) is 0.545. The van der Waals surface area contributed by atoms with E-state index in [1.54, 1.807) is 0 Å². The van der Waals surface area contributed by atoms with Gasteiger partial charge in [0.1, 0.15) is 5.82 Å². The van der Waals surface area contributed by atoms with E-state index in [0.717, 1.165) is 29.8 Å². The summed E-state index contributed by atoms with van der Waals surface area (Å²) in [7, 11) is 0. The first-order valence-corrected chi connectivity index (χ1v) is 5.91. The van der Waals surface area contributed by atoms with Crippen LogP contribution in [0.25, 0.3) is 0 Å². The smallest absolute Gasteiger partial charge is 0.142 e. The number of aromatic nitrogens is 1. The number of nitrogens with zero attached hydrogens (tertiary/aromatic N) is 2. The van der Waals surface area contributed by atoms with Crippen LogP contribution in [0, 0.1) is 0 Å². The Labute approximate surface area is 94.5 Å². The van der Waals surface area contributed by atoms with E-state index in [-0.39, 0.29) is 0 Å². The SMILES string of the molecule is CCc1cnc(N(CC)CC)c(Br)c1. The molecule has 0 atom stereocenters. The number of pyridine rings is 1. The zero-order valence-corrected chi connectivity index (χ0v) is 10.6. The Morgan fingerprint density at radius 1 is 1.29 bits per heavy atom. The molecule has 3 heteroatoms. The maximum atomic E-state index is 4.47. The van der Waals surface area contributed by atoms with Crippen LogP contribution in [0.1, 0.15) is 26.3 Å². The van der Waals surface area contributed by atoms with E-state index in [4.69, 9.17) is 0 Å². The van der Waals surface area contributed by atoms with E-state index in [1.807, 2.05) is 6.20 Å². The molecule has 0 radical (unpaired) electrons. The highest BCUT2D eigenvalue weighted by Gasteiger charge is 2.07. The molecule has 0 N–H and O–H groups in total. The van der Waals surface area contributed by atoms with Crippen molar-refractivity contribution in [1.29, 1.82) is 0 Å². The summed E-state index contributed by atoms with van der Waals surface area (Å²) in [5.74, 6) is 1.05. The van der Waals surface area contributed by atoms with Gasteiger partial charge in [-0.3, -0.25) is 0 Å². The standard InChI is InChI=1S/C11H17BrN2/c1-4-9-7-10(12)11(13-8-9)14(5-2)6-3/h7-8H,4-6H2,1-3H3. The lowest BCUT2D eigenvalue weighted by molar-refractivity contribution is 0.840. The van der Waals surface area contributed by atoms with Gasteiger partial charge >= 0.3 is 0 Å². The minimum Gasteiger partial charge on any atom is -0.356 e. The molecule has 1 aromatic rings. The van der Waals surface area contributed by atoms with Crippen molar-refractivity contribution in [2.75, 3.05) is 18.0 Å². The van der Waals surface area contributed by atoms with Crippen molar-refractivity contribution in [3.8, 4) is 0 Å². The Kier molecular flexibility index (Phi) is 4.39. The van der Waals surface area contributed by atoms with Gasteiger partial charge in [-0.25, -0.2) is 4.98 Å². The lowest BCUT2D eigenvalue weighted by atomic mass is 10.2. The molecule has 0 spiro atoms. The van der Waals surface area contributed by atoms with E-state index < -0.39 is 0 Å². The van der Waals surface area contributed by atoms with E-state index in [0.29, 0.717) is 0 Å². The monoisotopic (exact) mass is 256 g/mol. The summed E-state index contributed by atoms with van der Waals surface area (Å²) in [6.07, 6.45) is 2.99. The Morgan fingerprint density at radius 2 is 1.93 bits per heavy atom. The number of rotatable bonds is 4. The number of anilines is 1. The third kappa shape index (κ3) is 2.47. The Bertz CT molecular complexity index is 295. The molecule has 0 fully saturated rings. The Balaban J connectivity index is 2.98. The zero-order chi connectivity index (χ0) is 10.6. The third-order valence-electron chi connectivity index (χ3n) is 2.35. The van der Waals surface area contributed by atoms with Crippen molar-refractivity contribution in [2.24, 2.45) is 0 Å². The molecule has 0 saturated carbocycles. The fourth-order valence-corrected chi connectivity index (χ4v) is 2.07. The maximum Gasteiger partial charge on any atom is 0.142 e. The van der Waals surface area contributed by atoms with Crippen LogP contribution in [0.2, 0.25) is 0 Å². The summed E-state index contributed by atoms with van der Waals surface area (Å²) >= 11 is 3.57. The summed E-state index contributed by atoms with van der Waals surface area (Å²) in [6.45, 7) is 8.42. The van der Waals surface area contributed by atoms with Gasteiger partial charge in [-0.05, 0) is 47.8 Å². The molecule has 78 valence electrons. The van der Waals surface area contributed by atoms with Crippen LogP contribution in [-0.4, -0.2) is 18.1 Å². The van der Waals surface area contributed by atoms with E-state index >= 15 is 0 Å². The lowest BCUT2D eigenvalue weighted by Crippen LogP contribution is -2.23. The number of aryl methyl sites for hydroxylation is 1. The highest BCUT2D eigenvalue weighted by atomic mass is 79.9. The largest absolute Gasteiger partial charge is 0.356 e. The molecule has 2 nitrogen and oxygen atoms in total. The highest BCUT2D eigenvalue weighted by Crippen LogP contribution is 2.24. The second kappa shape index (κ2) is 5.35. The quantitative estimate of drug-likeness (QED) is 0.823. The van der Waals surface area contributed by atoms with Gasteiger partial charge < -0.3 is 4.90 Å². The molecule has 0 bridgehead atoms. The van der Waals surface area contributed by atoms with Crippen molar-refractivity contribution in [1.82, 2.24) is 4.98 Å². The minimum absolute atomic E-state index is 0.994.